The minimum atomic E-state index is -3.10. The van der Waals surface area contributed by atoms with Crippen molar-refractivity contribution in [2.45, 2.75) is 63.9 Å². The zero-order valence-corrected chi connectivity index (χ0v) is 37.2. The Kier molecular flexibility index (Phi) is 13.5. The van der Waals surface area contributed by atoms with Crippen molar-refractivity contribution in [3.8, 4) is 28.1 Å². The molecule has 6 aromatic rings. The lowest BCUT2D eigenvalue weighted by molar-refractivity contribution is -0.136. The summed E-state index contributed by atoms with van der Waals surface area (Å²) in [5.41, 5.74) is 4.18. The number of carbonyl (C=O) groups is 4. The summed E-state index contributed by atoms with van der Waals surface area (Å²) in [7, 11) is 4.11. The van der Waals surface area contributed by atoms with E-state index < -0.39 is 36.9 Å². The molecule has 2 aliphatic rings. The highest BCUT2D eigenvalue weighted by molar-refractivity contribution is 6.05. The molecule has 4 heterocycles. The van der Waals surface area contributed by atoms with Crippen LogP contribution in [0, 0.1) is 11.8 Å². The van der Waals surface area contributed by atoms with Crippen molar-refractivity contribution in [1.29, 1.82) is 0 Å². The molecule has 2 saturated heterocycles. The highest BCUT2D eigenvalue weighted by Crippen LogP contribution is 2.41. The molecule has 346 valence electrons. The number of nitrogens with one attached hydrogen (secondary N) is 4. The smallest absolute Gasteiger partial charge is 0.407 e. The predicted molar refractivity (Wildman–Crippen MR) is 240 cm³/mol. The van der Waals surface area contributed by atoms with Crippen molar-refractivity contribution >= 4 is 45.8 Å². The summed E-state index contributed by atoms with van der Waals surface area (Å²) < 4.78 is 48.3. The van der Waals surface area contributed by atoms with Crippen LogP contribution in [0.1, 0.15) is 68.4 Å². The number of hydrogen-bond donors (Lipinski definition) is 4. The Labute approximate surface area is 379 Å². The van der Waals surface area contributed by atoms with Crippen molar-refractivity contribution < 1.29 is 46.9 Å². The Hall–Kier alpha value is -7.08. The van der Waals surface area contributed by atoms with Crippen molar-refractivity contribution in [2.75, 3.05) is 41.0 Å². The number of methoxy groups -OCH3 is 3. The van der Waals surface area contributed by atoms with Crippen molar-refractivity contribution in [3.05, 3.63) is 102 Å². The number of fused-ring (bicyclic) bond motifs is 3. The maximum atomic E-state index is 14.4. The predicted octanol–water partition coefficient (Wildman–Crippen LogP) is 8.05. The molecule has 0 spiro atoms. The number of amides is 4. The van der Waals surface area contributed by atoms with Crippen LogP contribution in [0.2, 0.25) is 0 Å². The number of benzene rings is 4. The molecule has 0 bridgehead atoms. The fraction of sp³-hybridized carbons (Fsp3) is 0.375. The second-order valence-electron chi connectivity index (χ2n) is 16.9. The largest absolute Gasteiger partial charge is 0.453 e. The Balaban J connectivity index is 1.07. The summed E-state index contributed by atoms with van der Waals surface area (Å²) in [5.74, 6) is 0.320. The molecule has 0 saturated carbocycles. The van der Waals surface area contributed by atoms with Gasteiger partial charge in [0.05, 0.1) is 55.8 Å². The van der Waals surface area contributed by atoms with Crippen LogP contribution in [0.3, 0.4) is 0 Å². The summed E-state index contributed by atoms with van der Waals surface area (Å²) >= 11 is 0. The molecular weight excluding hydrogens is 855 g/mol. The number of H-pyrrole nitrogens is 2. The van der Waals surface area contributed by atoms with Gasteiger partial charge in [0.1, 0.15) is 29.5 Å². The van der Waals surface area contributed by atoms with Gasteiger partial charge < -0.3 is 49.3 Å². The first kappa shape index (κ1) is 45.5. The summed E-state index contributed by atoms with van der Waals surface area (Å²) in [5, 5.41) is 6.99. The molecule has 2 aromatic heterocycles. The first-order valence-corrected chi connectivity index (χ1v) is 21.8. The van der Waals surface area contributed by atoms with E-state index >= 15 is 0 Å². The van der Waals surface area contributed by atoms with E-state index in [1.165, 1.54) is 20.3 Å². The number of carbonyl (C=O) groups excluding carboxylic acids is 4. The lowest BCUT2D eigenvalue weighted by Crippen LogP contribution is -2.51. The number of alkyl halides is 2. The van der Waals surface area contributed by atoms with Crippen LogP contribution >= 0.6 is 0 Å². The lowest BCUT2D eigenvalue weighted by Gasteiger charge is -2.30. The standard InChI is InChI=1S/C48H52F2N8O8/c1-26(2)39(55-47(61)64-4)44(59)57-19-9-12-36(57)42-51-23-35(53-42)31-14-16-32(38(22-31)66-46(49)50)29-13-17-33-30(21-29)15-18-34-41(33)54-43(52-34)37-20-27(25-63-3)24-58(37)45(60)40(56-48(62)65-5)28-10-7-6-8-11-28/h6-8,10-11,13-18,21-23,26-27,36-37,39-40,46H,9,12,19-20,24-25H2,1-5H3,(H,51,53)(H,52,54)(H,55,61)(H,56,62)/t27-,36-,37-,39-,40+/m0/s1. The Morgan fingerprint density at radius 2 is 1.59 bits per heavy atom. The monoisotopic (exact) mass is 906 g/mol. The molecule has 66 heavy (non-hydrogen) atoms. The van der Waals surface area contributed by atoms with E-state index in [0.717, 1.165) is 22.7 Å². The zero-order chi connectivity index (χ0) is 46.6. The van der Waals surface area contributed by atoms with E-state index in [-0.39, 0.29) is 35.4 Å². The van der Waals surface area contributed by atoms with Gasteiger partial charge in [-0.05, 0) is 66.0 Å². The topological polar surface area (TPSA) is 193 Å². The molecule has 18 heteroatoms. The first-order chi connectivity index (χ1) is 31.9. The molecule has 0 unspecified atom stereocenters. The Morgan fingerprint density at radius 3 is 2.32 bits per heavy atom. The quantitative estimate of drug-likeness (QED) is 0.0831. The van der Waals surface area contributed by atoms with Gasteiger partial charge in [-0.1, -0.05) is 68.4 Å². The summed E-state index contributed by atoms with van der Waals surface area (Å²) in [6.07, 6.45) is 2.12. The number of ether oxygens (including phenoxy) is 4. The van der Waals surface area contributed by atoms with E-state index in [0.29, 0.717) is 77.7 Å². The van der Waals surface area contributed by atoms with Crippen molar-refractivity contribution in [2.24, 2.45) is 11.8 Å². The van der Waals surface area contributed by atoms with Crippen LogP contribution in [-0.4, -0.2) is 107 Å². The van der Waals surface area contributed by atoms with E-state index in [2.05, 4.69) is 25.6 Å². The van der Waals surface area contributed by atoms with E-state index in [9.17, 15) is 28.0 Å². The third kappa shape index (κ3) is 9.36. The maximum absolute atomic E-state index is 14.4. The number of halogens is 2. The normalized spacial score (nSPS) is 18.2. The van der Waals surface area contributed by atoms with Crippen LogP contribution in [0.25, 0.3) is 44.2 Å². The second kappa shape index (κ2) is 19.6. The minimum Gasteiger partial charge on any atom is -0.453 e. The third-order valence-electron chi connectivity index (χ3n) is 12.4. The average molecular weight is 907 g/mol. The SMILES string of the molecule is COC[C@H]1C[C@@H](c2nc3ccc4cc(-c5ccc(-c6cnc([C@@H]7CCCN7C(=O)[C@@H](NC(=O)OC)C(C)C)[nH]6)cc5OC(F)F)ccc4c3[nH]2)N(C(=O)[C@H](NC(=O)OC)c2ccccc2)C1. The number of alkyl carbamates (subject to hydrolysis) is 2. The van der Waals surface area contributed by atoms with E-state index in [1.54, 1.807) is 59.5 Å². The molecule has 4 amide bonds. The molecule has 8 rings (SSSR count). The summed E-state index contributed by atoms with van der Waals surface area (Å²) in [4.78, 5) is 72.3. The van der Waals surface area contributed by atoms with Gasteiger partial charge in [-0.2, -0.15) is 8.78 Å². The Morgan fingerprint density at radius 1 is 0.833 bits per heavy atom. The number of hydrogen-bond acceptors (Lipinski definition) is 10. The lowest BCUT2D eigenvalue weighted by atomic mass is 9.98. The number of rotatable bonds is 14. The molecule has 16 nitrogen and oxygen atoms in total. The van der Waals surface area contributed by atoms with Gasteiger partial charge in [-0.25, -0.2) is 19.6 Å². The van der Waals surface area contributed by atoms with Crippen LogP contribution in [0.4, 0.5) is 18.4 Å². The highest BCUT2D eigenvalue weighted by Gasteiger charge is 2.42. The van der Waals surface area contributed by atoms with Crippen LogP contribution in [-0.2, 0) is 23.8 Å². The number of likely N-dealkylation sites (tertiary alicyclic amines) is 2. The van der Waals surface area contributed by atoms with Gasteiger partial charge in [0.15, 0.2) is 0 Å². The molecule has 4 N–H and O–H groups in total. The van der Waals surface area contributed by atoms with Gasteiger partial charge in [-0.15, -0.1) is 0 Å². The number of imidazole rings is 2. The number of nitrogens with zero attached hydrogens (tertiary/aromatic N) is 4. The highest BCUT2D eigenvalue weighted by atomic mass is 19.3. The average Bonchev–Trinajstić information content (AvgIpc) is 4.16. The second-order valence-corrected chi connectivity index (χ2v) is 16.9. The zero-order valence-electron chi connectivity index (χ0n) is 37.2. The van der Waals surface area contributed by atoms with Crippen LogP contribution < -0.4 is 15.4 Å². The summed E-state index contributed by atoms with van der Waals surface area (Å²) in [6.45, 7) is 1.87. The van der Waals surface area contributed by atoms with Gasteiger partial charge in [0.2, 0.25) is 5.91 Å². The minimum absolute atomic E-state index is 0.00607. The molecule has 2 fully saturated rings. The molecular formula is C48H52F2N8O8. The van der Waals surface area contributed by atoms with E-state index in [4.69, 9.17) is 23.9 Å². The van der Waals surface area contributed by atoms with Gasteiger partial charge in [0.25, 0.3) is 5.91 Å². The van der Waals surface area contributed by atoms with Gasteiger partial charge >= 0.3 is 18.8 Å². The van der Waals surface area contributed by atoms with Crippen molar-refractivity contribution in [3.63, 3.8) is 0 Å². The molecule has 0 aliphatic carbocycles. The number of aromatic nitrogens is 4. The Bertz CT molecular complexity index is 2730. The first-order valence-electron chi connectivity index (χ1n) is 21.8. The number of aromatic amines is 2. The van der Waals surface area contributed by atoms with Crippen LogP contribution in [0.5, 0.6) is 5.75 Å². The fourth-order valence-electron chi connectivity index (χ4n) is 9.18. The van der Waals surface area contributed by atoms with Gasteiger partial charge in [-0.3, -0.25) is 9.59 Å². The van der Waals surface area contributed by atoms with Crippen LogP contribution in [0.15, 0.2) is 85.1 Å². The third-order valence-corrected chi connectivity index (χ3v) is 12.4. The molecule has 5 atom stereocenters. The van der Waals surface area contributed by atoms with E-state index in [1.807, 2.05) is 50.2 Å². The molecule has 0 radical (unpaired) electrons. The van der Waals surface area contributed by atoms with Crippen molar-refractivity contribution in [1.82, 2.24) is 40.4 Å². The van der Waals surface area contributed by atoms with Gasteiger partial charge in [0, 0.05) is 42.6 Å². The summed E-state index contributed by atoms with van der Waals surface area (Å²) in [6, 6.07) is 20.8. The molecule has 4 aromatic carbocycles. The fourth-order valence-corrected chi connectivity index (χ4v) is 9.18. The maximum Gasteiger partial charge on any atom is 0.407 e. The molecule has 2 aliphatic heterocycles.